The van der Waals surface area contributed by atoms with Crippen molar-refractivity contribution in [3.8, 4) is 0 Å². The predicted molar refractivity (Wildman–Crippen MR) is 99.7 cm³/mol. The van der Waals surface area contributed by atoms with Crippen molar-refractivity contribution in [2.75, 3.05) is 5.32 Å². The summed E-state index contributed by atoms with van der Waals surface area (Å²) in [5, 5.41) is 10.5. The standard InChI is InChI=1S/C19H21N3S/c1-12-10-16(15-9-8-13(2)21-18(15)11-12)14(3)22-17-6-4-5-7-19(17)23-20/h4-11,14,22H,20H2,1-3H3. The van der Waals surface area contributed by atoms with Crippen molar-refractivity contribution >= 4 is 28.5 Å². The first-order valence-corrected chi connectivity index (χ1v) is 8.56. The van der Waals surface area contributed by atoms with Gasteiger partial charge in [-0.15, -0.1) is 0 Å². The van der Waals surface area contributed by atoms with E-state index in [1.807, 2.05) is 25.1 Å². The van der Waals surface area contributed by atoms with Crippen LogP contribution < -0.4 is 10.5 Å². The highest BCUT2D eigenvalue weighted by atomic mass is 32.2. The molecule has 3 rings (SSSR count). The number of para-hydroxylation sites is 1. The molecular weight excluding hydrogens is 302 g/mol. The number of hydrogen-bond donors (Lipinski definition) is 2. The Bertz CT molecular complexity index is 840. The van der Waals surface area contributed by atoms with Crippen molar-refractivity contribution in [2.24, 2.45) is 5.14 Å². The highest BCUT2D eigenvalue weighted by molar-refractivity contribution is 7.97. The van der Waals surface area contributed by atoms with E-state index in [9.17, 15) is 0 Å². The Morgan fingerprint density at radius 2 is 1.87 bits per heavy atom. The van der Waals surface area contributed by atoms with Crippen LogP contribution in [0.15, 0.2) is 53.4 Å². The van der Waals surface area contributed by atoms with Crippen LogP contribution in [-0.2, 0) is 0 Å². The lowest BCUT2D eigenvalue weighted by molar-refractivity contribution is 0.886. The second kappa shape index (κ2) is 6.60. The monoisotopic (exact) mass is 323 g/mol. The highest BCUT2D eigenvalue weighted by Gasteiger charge is 2.12. The number of aryl methyl sites for hydroxylation is 2. The summed E-state index contributed by atoms with van der Waals surface area (Å²) in [5.41, 5.74) is 5.63. The lowest BCUT2D eigenvalue weighted by Gasteiger charge is -2.20. The molecule has 3 aromatic rings. The number of aromatic nitrogens is 1. The number of fused-ring (bicyclic) bond motifs is 1. The molecule has 1 heterocycles. The molecule has 1 atom stereocenters. The smallest absolute Gasteiger partial charge is 0.0711 e. The molecule has 0 aliphatic heterocycles. The average Bonchev–Trinajstić information content (AvgIpc) is 2.54. The third-order valence-corrected chi connectivity index (χ3v) is 4.58. The zero-order valence-electron chi connectivity index (χ0n) is 13.6. The fraction of sp³-hybridized carbons (Fsp3) is 0.211. The van der Waals surface area contributed by atoms with Crippen LogP contribution in [0.3, 0.4) is 0 Å². The first kappa shape index (κ1) is 15.8. The van der Waals surface area contributed by atoms with E-state index < -0.39 is 0 Å². The van der Waals surface area contributed by atoms with E-state index in [2.05, 4.69) is 54.5 Å². The Kier molecular flexibility index (Phi) is 4.55. The van der Waals surface area contributed by atoms with Gasteiger partial charge in [0.1, 0.15) is 0 Å². The van der Waals surface area contributed by atoms with Gasteiger partial charge in [-0.2, -0.15) is 0 Å². The lowest BCUT2D eigenvalue weighted by atomic mass is 9.99. The summed E-state index contributed by atoms with van der Waals surface area (Å²) in [7, 11) is 0. The van der Waals surface area contributed by atoms with Crippen LogP contribution in [0.4, 0.5) is 5.69 Å². The molecule has 23 heavy (non-hydrogen) atoms. The Labute approximate surface area is 141 Å². The summed E-state index contributed by atoms with van der Waals surface area (Å²) in [5.74, 6) is 0. The molecule has 118 valence electrons. The second-order valence-electron chi connectivity index (χ2n) is 5.85. The molecule has 0 radical (unpaired) electrons. The molecule has 0 bridgehead atoms. The SMILES string of the molecule is Cc1cc(C(C)Nc2ccccc2SN)c2ccc(C)nc2c1. The van der Waals surface area contributed by atoms with Gasteiger partial charge in [-0.25, -0.2) is 0 Å². The van der Waals surface area contributed by atoms with Crippen molar-refractivity contribution in [3.63, 3.8) is 0 Å². The minimum absolute atomic E-state index is 0.162. The van der Waals surface area contributed by atoms with Gasteiger partial charge in [0, 0.05) is 27.7 Å². The molecule has 1 aromatic heterocycles. The van der Waals surface area contributed by atoms with Crippen LogP contribution >= 0.6 is 11.9 Å². The summed E-state index contributed by atoms with van der Waals surface area (Å²) in [6.45, 7) is 6.31. The molecule has 1 unspecified atom stereocenters. The number of hydrogen-bond acceptors (Lipinski definition) is 4. The van der Waals surface area contributed by atoms with Crippen molar-refractivity contribution in [3.05, 3.63) is 65.4 Å². The topological polar surface area (TPSA) is 50.9 Å². The summed E-state index contributed by atoms with van der Waals surface area (Å²) < 4.78 is 0. The number of pyridine rings is 1. The van der Waals surface area contributed by atoms with Crippen LogP contribution in [0.5, 0.6) is 0 Å². The van der Waals surface area contributed by atoms with Crippen molar-refractivity contribution in [1.82, 2.24) is 4.98 Å². The molecular formula is C19H21N3S. The van der Waals surface area contributed by atoms with Gasteiger partial charge in [-0.3, -0.25) is 10.1 Å². The largest absolute Gasteiger partial charge is 0.378 e. The summed E-state index contributed by atoms with van der Waals surface area (Å²) in [4.78, 5) is 5.71. The molecule has 0 aliphatic carbocycles. The number of anilines is 1. The Morgan fingerprint density at radius 1 is 1.09 bits per heavy atom. The van der Waals surface area contributed by atoms with Gasteiger partial charge >= 0.3 is 0 Å². The molecule has 3 N–H and O–H groups in total. The van der Waals surface area contributed by atoms with Crippen LogP contribution in [0.1, 0.15) is 29.8 Å². The van der Waals surface area contributed by atoms with E-state index in [0.717, 1.165) is 21.8 Å². The Hall–Kier alpha value is -2.04. The Balaban J connectivity index is 2.02. The van der Waals surface area contributed by atoms with Crippen molar-refractivity contribution in [2.45, 2.75) is 31.7 Å². The van der Waals surface area contributed by atoms with Crippen molar-refractivity contribution in [1.29, 1.82) is 0 Å². The van der Waals surface area contributed by atoms with Gasteiger partial charge in [0.15, 0.2) is 0 Å². The van der Waals surface area contributed by atoms with Crippen LogP contribution in [0, 0.1) is 13.8 Å². The third-order valence-electron chi connectivity index (χ3n) is 3.98. The minimum Gasteiger partial charge on any atom is -0.378 e. The molecule has 0 spiro atoms. The van der Waals surface area contributed by atoms with Crippen LogP contribution in [0.2, 0.25) is 0 Å². The molecule has 2 aromatic carbocycles. The third kappa shape index (κ3) is 3.33. The number of rotatable bonds is 4. The second-order valence-corrected chi connectivity index (χ2v) is 6.53. The summed E-state index contributed by atoms with van der Waals surface area (Å²) in [6, 6.07) is 16.9. The quantitative estimate of drug-likeness (QED) is 0.664. The first-order chi connectivity index (χ1) is 11.1. The molecule has 0 aliphatic rings. The molecule has 0 fully saturated rings. The summed E-state index contributed by atoms with van der Waals surface area (Å²) in [6.07, 6.45) is 0. The maximum absolute atomic E-state index is 5.76. The van der Waals surface area contributed by atoms with E-state index in [0.29, 0.717) is 0 Å². The maximum atomic E-state index is 5.76. The van der Waals surface area contributed by atoms with Gasteiger partial charge < -0.3 is 5.32 Å². The fourth-order valence-electron chi connectivity index (χ4n) is 2.87. The minimum atomic E-state index is 0.162. The maximum Gasteiger partial charge on any atom is 0.0711 e. The molecule has 0 amide bonds. The normalized spacial score (nSPS) is 12.3. The highest BCUT2D eigenvalue weighted by Crippen LogP contribution is 2.30. The van der Waals surface area contributed by atoms with Gasteiger partial charge in [0.2, 0.25) is 0 Å². The predicted octanol–water partition coefficient (Wildman–Crippen LogP) is 4.99. The number of nitrogens with two attached hydrogens (primary N) is 1. The summed E-state index contributed by atoms with van der Waals surface area (Å²) >= 11 is 1.27. The zero-order valence-corrected chi connectivity index (χ0v) is 14.4. The molecule has 4 heteroatoms. The lowest BCUT2D eigenvalue weighted by Crippen LogP contribution is -2.09. The van der Waals surface area contributed by atoms with Gasteiger partial charge in [-0.1, -0.05) is 24.3 Å². The molecule has 3 nitrogen and oxygen atoms in total. The number of nitrogens with zero attached hydrogens (tertiary/aromatic N) is 1. The van der Waals surface area contributed by atoms with Gasteiger partial charge in [-0.05, 0) is 68.1 Å². The van der Waals surface area contributed by atoms with Crippen LogP contribution in [-0.4, -0.2) is 4.98 Å². The fourth-order valence-corrected chi connectivity index (χ4v) is 3.28. The number of nitrogens with one attached hydrogen (secondary N) is 1. The van der Waals surface area contributed by atoms with E-state index in [1.54, 1.807) is 0 Å². The van der Waals surface area contributed by atoms with Gasteiger partial charge in [0.25, 0.3) is 0 Å². The Morgan fingerprint density at radius 3 is 2.65 bits per heavy atom. The van der Waals surface area contributed by atoms with Crippen molar-refractivity contribution < 1.29 is 0 Å². The molecule has 0 saturated heterocycles. The van der Waals surface area contributed by atoms with E-state index in [-0.39, 0.29) is 6.04 Å². The van der Waals surface area contributed by atoms with Crippen LogP contribution in [0.25, 0.3) is 10.9 Å². The van der Waals surface area contributed by atoms with E-state index >= 15 is 0 Å². The van der Waals surface area contributed by atoms with Gasteiger partial charge in [0.05, 0.1) is 5.52 Å². The average molecular weight is 323 g/mol. The number of benzene rings is 2. The van der Waals surface area contributed by atoms with E-state index in [1.165, 1.54) is 28.5 Å². The first-order valence-electron chi connectivity index (χ1n) is 7.68. The molecule has 0 saturated carbocycles. The zero-order chi connectivity index (χ0) is 16.4. The van der Waals surface area contributed by atoms with E-state index in [4.69, 9.17) is 5.14 Å².